The van der Waals surface area contributed by atoms with E-state index < -0.39 is 0 Å². The van der Waals surface area contributed by atoms with Crippen molar-refractivity contribution in [1.29, 1.82) is 0 Å². The van der Waals surface area contributed by atoms with Gasteiger partial charge in [-0.15, -0.1) is 0 Å². The van der Waals surface area contributed by atoms with Crippen LogP contribution < -0.4 is 0 Å². The third-order valence-corrected chi connectivity index (χ3v) is 2.79. The first-order valence-corrected chi connectivity index (χ1v) is 4.62. The van der Waals surface area contributed by atoms with Crippen LogP contribution in [0.1, 0.15) is 29.9 Å². The van der Waals surface area contributed by atoms with Crippen molar-refractivity contribution in [2.24, 2.45) is 0 Å². The first-order chi connectivity index (χ1) is 6.18. The third-order valence-electron chi connectivity index (χ3n) is 2.79. The van der Waals surface area contributed by atoms with Crippen LogP contribution in [0, 0.1) is 12.7 Å². The van der Waals surface area contributed by atoms with Gasteiger partial charge in [-0.1, -0.05) is 12.1 Å². The summed E-state index contributed by atoms with van der Waals surface area (Å²) < 4.78 is 13.4. The molecule has 2 heteroatoms. The van der Waals surface area contributed by atoms with Gasteiger partial charge in [0.25, 0.3) is 0 Å². The van der Waals surface area contributed by atoms with E-state index in [9.17, 15) is 9.50 Å². The molecular formula is C11H13FO. The van der Waals surface area contributed by atoms with Gasteiger partial charge in [0.1, 0.15) is 5.82 Å². The first-order valence-electron chi connectivity index (χ1n) is 4.62. The van der Waals surface area contributed by atoms with E-state index in [1.54, 1.807) is 6.07 Å². The number of benzene rings is 1. The molecule has 70 valence electrons. The molecule has 1 fully saturated rings. The smallest absolute Gasteiger partial charge is 0.127 e. The highest BCUT2D eigenvalue weighted by Crippen LogP contribution is 2.37. The van der Waals surface area contributed by atoms with Gasteiger partial charge < -0.3 is 5.11 Å². The van der Waals surface area contributed by atoms with Crippen molar-refractivity contribution >= 4 is 0 Å². The van der Waals surface area contributed by atoms with Crippen LogP contribution in [-0.2, 0) is 0 Å². The topological polar surface area (TPSA) is 20.2 Å². The molecule has 0 saturated heterocycles. The zero-order chi connectivity index (χ0) is 9.42. The van der Waals surface area contributed by atoms with E-state index in [-0.39, 0.29) is 17.8 Å². The SMILES string of the molecule is Cc1ccc(C2CCC2O)c(F)c1. The van der Waals surface area contributed by atoms with Gasteiger partial charge in [0.2, 0.25) is 0 Å². The highest BCUT2D eigenvalue weighted by Gasteiger charge is 2.31. The van der Waals surface area contributed by atoms with E-state index in [1.807, 2.05) is 13.0 Å². The van der Waals surface area contributed by atoms with Crippen LogP contribution in [0.25, 0.3) is 0 Å². The van der Waals surface area contributed by atoms with E-state index in [1.165, 1.54) is 6.07 Å². The molecule has 0 aromatic heterocycles. The second-order valence-electron chi connectivity index (χ2n) is 3.78. The predicted molar refractivity (Wildman–Crippen MR) is 49.1 cm³/mol. The maximum atomic E-state index is 13.4. The molecule has 2 rings (SSSR count). The molecule has 1 aromatic carbocycles. The second-order valence-corrected chi connectivity index (χ2v) is 3.78. The van der Waals surface area contributed by atoms with E-state index in [0.717, 1.165) is 18.4 Å². The number of hydrogen-bond donors (Lipinski definition) is 1. The summed E-state index contributed by atoms with van der Waals surface area (Å²) >= 11 is 0. The Kier molecular flexibility index (Phi) is 2.08. The maximum Gasteiger partial charge on any atom is 0.127 e. The Balaban J connectivity index is 2.30. The fourth-order valence-corrected chi connectivity index (χ4v) is 1.78. The molecule has 0 spiro atoms. The average molecular weight is 180 g/mol. The molecule has 1 aliphatic carbocycles. The van der Waals surface area contributed by atoms with Crippen LogP contribution in [0.3, 0.4) is 0 Å². The van der Waals surface area contributed by atoms with E-state index >= 15 is 0 Å². The lowest BCUT2D eigenvalue weighted by Crippen LogP contribution is -2.29. The molecule has 1 aliphatic rings. The van der Waals surface area contributed by atoms with Crippen LogP contribution in [0.2, 0.25) is 0 Å². The predicted octanol–water partition coefficient (Wildman–Crippen LogP) is 2.37. The summed E-state index contributed by atoms with van der Waals surface area (Å²) in [6, 6.07) is 5.21. The molecule has 0 bridgehead atoms. The van der Waals surface area contributed by atoms with Crippen molar-refractivity contribution in [2.45, 2.75) is 31.8 Å². The lowest BCUT2D eigenvalue weighted by Gasteiger charge is -2.32. The minimum atomic E-state index is -0.336. The van der Waals surface area contributed by atoms with Crippen molar-refractivity contribution in [3.63, 3.8) is 0 Å². The monoisotopic (exact) mass is 180 g/mol. The van der Waals surface area contributed by atoms with Gasteiger partial charge in [-0.2, -0.15) is 0 Å². The quantitative estimate of drug-likeness (QED) is 0.703. The molecule has 2 unspecified atom stereocenters. The molecule has 13 heavy (non-hydrogen) atoms. The molecule has 1 saturated carbocycles. The molecule has 0 radical (unpaired) electrons. The summed E-state index contributed by atoms with van der Waals surface area (Å²) in [5.74, 6) is -0.149. The largest absolute Gasteiger partial charge is 0.392 e. The zero-order valence-electron chi connectivity index (χ0n) is 7.63. The highest BCUT2D eigenvalue weighted by molar-refractivity contribution is 5.28. The Morgan fingerprint density at radius 2 is 2.15 bits per heavy atom. The summed E-state index contributed by atoms with van der Waals surface area (Å²) in [6.45, 7) is 1.87. The van der Waals surface area contributed by atoms with E-state index in [0.29, 0.717) is 5.56 Å². The Morgan fingerprint density at radius 3 is 2.62 bits per heavy atom. The molecule has 1 nitrogen and oxygen atoms in total. The van der Waals surface area contributed by atoms with Gasteiger partial charge in [-0.3, -0.25) is 0 Å². The lowest BCUT2D eigenvalue weighted by molar-refractivity contribution is 0.0644. The standard InChI is InChI=1S/C11H13FO/c1-7-2-3-8(10(12)6-7)9-4-5-11(9)13/h2-3,6,9,11,13H,4-5H2,1H3. The number of rotatable bonds is 1. The van der Waals surface area contributed by atoms with Gasteiger partial charge in [-0.05, 0) is 37.0 Å². The molecule has 2 atom stereocenters. The van der Waals surface area contributed by atoms with Crippen molar-refractivity contribution in [3.8, 4) is 0 Å². The minimum Gasteiger partial charge on any atom is -0.392 e. The van der Waals surface area contributed by atoms with Crippen LogP contribution >= 0.6 is 0 Å². The van der Waals surface area contributed by atoms with Gasteiger partial charge in [0.05, 0.1) is 6.10 Å². The molecule has 0 aliphatic heterocycles. The average Bonchev–Trinajstić information content (AvgIpc) is 2.07. The first kappa shape index (κ1) is 8.70. The summed E-state index contributed by atoms with van der Waals surface area (Å²) in [5, 5.41) is 9.39. The lowest BCUT2D eigenvalue weighted by atomic mass is 9.77. The Hall–Kier alpha value is -0.890. The van der Waals surface area contributed by atoms with Gasteiger partial charge in [-0.25, -0.2) is 4.39 Å². The van der Waals surface area contributed by atoms with Crippen LogP contribution in [-0.4, -0.2) is 11.2 Å². The summed E-state index contributed by atoms with van der Waals surface area (Å²) in [5.41, 5.74) is 1.60. The normalized spacial score (nSPS) is 27.0. The van der Waals surface area contributed by atoms with Crippen LogP contribution in [0.15, 0.2) is 18.2 Å². The zero-order valence-corrected chi connectivity index (χ0v) is 7.63. The maximum absolute atomic E-state index is 13.4. The fourth-order valence-electron chi connectivity index (χ4n) is 1.78. The van der Waals surface area contributed by atoms with Crippen LogP contribution in [0.4, 0.5) is 4.39 Å². The Labute approximate surface area is 77.2 Å². The second kappa shape index (κ2) is 3.11. The summed E-state index contributed by atoms with van der Waals surface area (Å²) in [7, 11) is 0. The van der Waals surface area contributed by atoms with Gasteiger partial charge >= 0.3 is 0 Å². The van der Waals surface area contributed by atoms with Crippen molar-refractivity contribution in [2.75, 3.05) is 0 Å². The fraction of sp³-hybridized carbons (Fsp3) is 0.455. The minimum absolute atomic E-state index is 0.0283. The molecule has 0 amide bonds. The van der Waals surface area contributed by atoms with E-state index in [4.69, 9.17) is 0 Å². The van der Waals surface area contributed by atoms with Gasteiger partial charge in [0.15, 0.2) is 0 Å². The summed E-state index contributed by atoms with van der Waals surface area (Å²) in [6.07, 6.45) is 1.37. The van der Waals surface area contributed by atoms with Crippen molar-refractivity contribution < 1.29 is 9.50 Å². The Bertz CT molecular complexity index is 322. The highest BCUT2D eigenvalue weighted by atomic mass is 19.1. The summed E-state index contributed by atoms with van der Waals surface area (Å²) in [4.78, 5) is 0. The molecule has 1 N–H and O–H groups in total. The number of hydrogen-bond acceptors (Lipinski definition) is 1. The van der Waals surface area contributed by atoms with Crippen molar-refractivity contribution in [3.05, 3.63) is 35.1 Å². The number of aryl methyl sites for hydroxylation is 1. The van der Waals surface area contributed by atoms with Crippen molar-refractivity contribution in [1.82, 2.24) is 0 Å². The van der Waals surface area contributed by atoms with Crippen LogP contribution in [0.5, 0.6) is 0 Å². The third kappa shape index (κ3) is 1.46. The number of aliphatic hydroxyl groups is 1. The number of halogens is 1. The molecular weight excluding hydrogens is 167 g/mol. The van der Waals surface area contributed by atoms with E-state index in [2.05, 4.69) is 0 Å². The number of aliphatic hydroxyl groups excluding tert-OH is 1. The molecule has 0 heterocycles. The molecule has 1 aromatic rings. The Morgan fingerprint density at radius 1 is 1.38 bits per heavy atom. The van der Waals surface area contributed by atoms with Gasteiger partial charge in [0, 0.05) is 5.92 Å².